The first kappa shape index (κ1) is 20.0. The van der Waals surface area contributed by atoms with E-state index in [1.165, 1.54) is 18.4 Å². The van der Waals surface area contributed by atoms with Crippen LogP contribution in [0.1, 0.15) is 47.8 Å². The lowest BCUT2D eigenvalue weighted by molar-refractivity contribution is 0.0631. The zero-order valence-electron chi connectivity index (χ0n) is 17.9. The summed E-state index contributed by atoms with van der Waals surface area (Å²) in [7, 11) is 0. The van der Waals surface area contributed by atoms with E-state index in [4.69, 9.17) is 4.98 Å². The Kier molecular flexibility index (Phi) is 5.85. The van der Waals surface area contributed by atoms with E-state index >= 15 is 0 Å². The van der Waals surface area contributed by atoms with E-state index in [-0.39, 0.29) is 11.9 Å². The third-order valence-corrected chi connectivity index (χ3v) is 6.69. The summed E-state index contributed by atoms with van der Waals surface area (Å²) in [5, 5.41) is 3.47. The molecule has 1 N–H and O–H groups in total. The van der Waals surface area contributed by atoms with Crippen LogP contribution in [0.4, 0.5) is 0 Å². The highest BCUT2D eigenvalue weighted by molar-refractivity contribution is 5.98. The predicted octanol–water partition coefficient (Wildman–Crippen LogP) is 4.32. The number of amides is 1. The predicted molar refractivity (Wildman–Crippen MR) is 123 cm³/mol. The van der Waals surface area contributed by atoms with Crippen LogP contribution in [0.2, 0.25) is 0 Å². The van der Waals surface area contributed by atoms with Crippen molar-refractivity contribution >= 4 is 5.91 Å². The molecule has 1 atom stereocenters. The maximum atomic E-state index is 13.8. The second kappa shape index (κ2) is 9.06. The van der Waals surface area contributed by atoms with E-state index in [9.17, 15) is 4.79 Å². The Hall–Kier alpha value is -2.92. The Bertz CT molecular complexity index is 1010. The molecule has 0 unspecified atom stereocenters. The Morgan fingerprint density at radius 2 is 1.71 bits per heavy atom. The molecule has 5 nitrogen and oxygen atoms in total. The molecule has 2 aliphatic rings. The number of rotatable bonds is 5. The number of carbonyl (C=O) groups excluding carboxylic acids is 1. The zero-order valence-corrected chi connectivity index (χ0v) is 17.9. The lowest BCUT2D eigenvalue weighted by Crippen LogP contribution is -2.54. The van der Waals surface area contributed by atoms with Gasteiger partial charge in [0.05, 0.1) is 12.0 Å². The van der Waals surface area contributed by atoms with E-state index in [2.05, 4.69) is 46.3 Å². The maximum Gasteiger partial charge on any atom is 0.275 e. The summed E-state index contributed by atoms with van der Waals surface area (Å²) in [6, 6.07) is 21.3. The summed E-state index contributed by atoms with van der Waals surface area (Å²) in [4.78, 5) is 20.6. The van der Waals surface area contributed by atoms with Crippen LogP contribution in [0.25, 0.3) is 11.3 Å². The van der Waals surface area contributed by atoms with Gasteiger partial charge in [0.25, 0.3) is 5.91 Å². The Morgan fingerprint density at radius 3 is 2.45 bits per heavy atom. The Balaban J connectivity index is 1.49. The number of carbonyl (C=O) groups is 1. The zero-order chi connectivity index (χ0) is 21.0. The number of nitrogens with one attached hydrogen (secondary N) is 1. The fraction of sp³-hybridized carbons (Fsp3) is 0.385. The van der Waals surface area contributed by atoms with Crippen molar-refractivity contribution in [2.45, 2.75) is 44.2 Å². The molecule has 1 aliphatic heterocycles. The maximum absolute atomic E-state index is 13.8. The SMILES string of the molecule is O=C(c1ncn(C2CCCC2)c1-c1ccccc1)N1CCNC[C@H]1Cc1ccccc1. The first-order valence-corrected chi connectivity index (χ1v) is 11.5. The number of hydrogen-bond acceptors (Lipinski definition) is 3. The minimum atomic E-state index is 0.0537. The third kappa shape index (κ3) is 4.15. The molecule has 0 spiro atoms. The van der Waals surface area contributed by atoms with Gasteiger partial charge in [0.2, 0.25) is 0 Å². The van der Waals surface area contributed by atoms with Gasteiger partial charge in [-0.1, -0.05) is 73.5 Å². The first-order valence-electron chi connectivity index (χ1n) is 11.5. The molecule has 0 radical (unpaired) electrons. The van der Waals surface area contributed by atoms with Gasteiger partial charge in [-0.25, -0.2) is 4.98 Å². The molecule has 5 rings (SSSR count). The highest BCUT2D eigenvalue weighted by Crippen LogP contribution is 2.35. The molecular formula is C26H30N4O. The van der Waals surface area contributed by atoms with Gasteiger partial charge in [-0.2, -0.15) is 0 Å². The van der Waals surface area contributed by atoms with Gasteiger partial charge < -0.3 is 14.8 Å². The molecule has 2 fully saturated rings. The summed E-state index contributed by atoms with van der Waals surface area (Å²) in [6.07, 6.45) is 7.57. The van der Waals surface area contributed by atoms with Crippen molar-refractivity contribution in [1.82, 2.24) is 19.8 Å². The molecule has 1 saturated heterocycles. The molecule has 1 amide bonds. The number of benzene rings is 2. The summed E-state index contributed by atoms with van der Waals surface area (Å²) in [5.74, 6) is 0.0537. The average molecular weight is 415 g/mol. The molecule has 2 heterocycles. The van der Waals surface area contributed by atoms with E-state index in [1.807, 2.05) is 35.5 Å². The standard InChI is InChI=1S/C26H30N4O/c31-26(29-16-15-27-18-23(29)17-20-9-3-1-4-10-20)24-25(21-11-5-2-6-12-21)30(19-28-24)22-13-7-8-14-22/h1-6,9-12,19,22-23,27H,7-8,13-18H2/t23-/m1/s1. The van der Waals surface area contributed by atoms with Gasteiger partial charge in [-0.05, 0) is 24.8 Å². The normalized spacial score (nSPS) is 19.6. The second-order valence-electron chi connectivity index (χ2n) is 8.70. The van der Waals surface area contributed by atoms with E-state index < -0.39 is 0 Å². The van der Waals surface area contributed by atoms with Crippen molar-refractivity contribution < 1.29 is 4.79 Å². The Morgan fingerprint density at radius 1 is 1.00 bits per heavy atom. The fourth-order valence-corrected chi connectivity index (χ4v) is 5.09. The molecule has 5 heteroatoms. The minimum absolute atomic E-state index is 0.0537. The smallest absolute Gasteiger partial charge is 0.275 e. The molecule has 3 aromatic rings. The van der Waals surface area contributed by atoms with Crippen molar-refractivity contribution in [2.75, 3.05) is 19.6 Å². The van der Waals surface area contributed by atoms with Crippen LogP contribution in [-0.2, 0) is 6.42 Å². The van der Waals surface area contributed by atoms with Gasteiger partial charge >= 0.3 is 0 Å². The van der Waals surface area contributed by atoms with Crippen molar-refractivity contribution in [3.05, 3.63) is 78.2 Å². The van der Waals surface area contributed by atoms with Crippen molar-refractivity contribution in [3.8, 4) is 11.3 Å². The van der Waals surface area contributed by atoms with Crippen LogP contribution in [0, 0.1) is 0 Å². The van der Waals surface area contributed by atoms with Crippen LogP contribution in [0.15, 0.2) is 67.0 Å². The van der Waals surface area contributed by atoms with Crippen LogP contribution in [0.3, 0.4) is 0 Å². The first-order chi connectivity index (χ1) is 15.3. The molecule has 31 heavy (non-hydrogen) atoms. The number of piperazine rings is 1. The van der Waals surface area contributed by atoms with Gasteiger partial charge in [-0.3, -0.25) is 4.79 Å². The molecule has 2 aromatic carbocycles. The number of nitrogens with zero attached hydrogens (tertiary/aromatic N) is 3. The van der Waals surface area contributed by atoms with Gasteiger partial charge in [0, 0.05) is 37.3 Å². The molecule has 0 bridgehead atoms. The average Bonchev–Trinajstić information content (AvgIpc) is 3.50. The summed E-state index contributed by atoms with van der Waals surface area (Å²) in [6.45, 7) is 2.34. The molecule has 1 saturated carbocycles. The van der Waals surface area contributed by atoms with Gasteiger partial charge in [0.1, 0.15) is 0 Å². The fourth-order valence-electron chi connectivity index (χ4n) is 5.09. The third-order valence-electron chi connectivity index (χ3n) is 6.69. The lowest BCUT2D eigenvalue weighted by atomic mass is 10.0. The summed E-state index contributed by atoms with van der Waals surface area (Å²) >= 11 is 0. The molecule has 160 valence electrons. The number of imidazole rings is 1. The van der Waals surface area contributed by atoms with E-state index in [0.29, 0.717) is 18.3 Å². The second-order valence-corrected chi connectivity index (χ2v) is 8.70. The molecule has 1 aromatic heterocycles. The minimum Gasteiger partial charge on any atom is -0.331 e. The highest BCUT2D eigenvalue weighted by atomic mass is 16.2. The van der Waals surface area contributed by atoms with Crippen LogP contribution in [0.5, 0.6) is 0 Å². The van der Waals surface area contributed by atoms with Gasteiger partial charge in [0.15, 0.2) is 5.69 Å². The van der Waals surface area contributed by atoms with Crippen LogP contribution < -0.4 is 5.32 Å². The van der Waals surface area contributed by atoms with Crippen molar-refractivity contribution in [3.63, 3.8) is 0 Å². The van der Waals surface area contributed by atoms with Crippen LogP contribution >= 0.6 is 0 Å². The summed E-state index contributed by atoms with van der Waals surface area (Å²) in [5.41, 5.74) is 3.91. The largest absolute Gasteiger partial charge is 0.331 e. The number of aromatic nitrogens is 2. The Labute approximate surface area is 184 Å². The lowest BCUT2D eigenvalue weighted by Gasteiger charge is -2.36. The molecule has 1 aliphatic carbocycles. The topological polar surface area (TPSA) is 50.2 Å². The van der Waals surface area contributed by atoms with E-state index in [0.717, 1.165) is 43.6 Å². The van der Waals surface area contributed by atoms with Gasteiger partial charge in [-0.15, -0.1) is 0 Å². The summed E-state index contributed by atoms with van der Waals surface area (Å²) < 4.78 is 2.27. The number of hydrogen-bond donors (Lipinski definition) is 1. The highest BCUT2D eigenvalue weighted by Gasteiger charge is 2.32. The van der Waals surface area contributed by atoms with Crippen molar-refractivity contribution in [2.24, 2.45) is 0 Å². The molecular weight excluding hydrogens is 384 g/mol. The van der Waals surface area contributed by atoms with Crippen molar-refractivity contribution in [1.29, 1.82) is 0 Å². The van der Waals surface area contributed by atoms with E-state index in [1.54, 1.807) is 0 Å². The monoisotopic (exact) mass is 414 g/mol. The van der Waals surface area contributed by atoms with Crippen LogP contribution in [-0.4, -0.2) is 46.0 Å². The quantitative estimate of drug-likeness (QED) is 0.676.